The smallest absolute Gasteiger partial charge is 0.184 e. The molecule has 1 N–H and O–H groups in total. The molecule has 1 aliphatic rings. The number of hydrogen-bond acceptors (Lipinski definition) is 1. The van der Waals surface area contributed by atoms with Gasteiger partial charge in [0, 0.05) is 23.5 Å². The number of rotatable bonds is 0. The molecule has 2 heteroatoms. The molecule has 0 unspecified atom stereocenters. The second kappa shape index (κ2) is 3.77. The van der Waals surface area contributed by atoms with Crippen LogP contribution >= 0.6 is 0 Å². The van der Waals surface area contributed by atoms with Gasteiger partial charge in [-0.2, -0.15) is 0 Å². The van der Waals surface area contributed by atoms with Crippen molar-refractivity contribution in [3.05, 3.63) is 33.7 Å². The fourth-order valence-electron chi connectivity index (χ4n) is 2.01. The Bertz CT molecular complexity index is 340. The third kappa shape index (κ3) is 1.82. The van der Waals surface area contributed by atoms with Crippen LogP contribution in [0.1, 0.15) is 36.9 Å². The van der Waals surface area contributed by atoms with Crippen molar-refractivity contribution in [3.63, 3.8) is 0 Å². The summed E-state index contributed by atoms with van der Waals surface area (Å²) in [7, 11) is 0. The molecule has 1 aliphatic carbocycles. The molecule has 70 valence electrons. The lowest BCUT2D eigenvalue weighted by Gasteiger charge is -2.11. The number of fused-ring (bicyclic) bond motifs is 1. The molecule has 0 saturated heterocycles. The van der Waals surface area contributed by atoms with Crippen molar-refractivity contribution in [2.24, 2.45) is 0 Å². The third-order valence-corrected chi connectivity index (χ3v) is 2.76. The van der Waals surface area contributed by atoms with Crippen LogP contribution in [-0.4, -0.2) is 4.98 Å². The van der Waals surface area contributed by atoms with Crippen LogP contribution in [0, 0.1) is 0 Å². The van der Waals surface area contributed by atoms with E-state index in [1.807, 2.05) is 0 Å². The SMILES string of the molecule is O=c1cc[nH]c2c1CCCCCC2. The molecule has 0 bridgehead atoms. The maximum Gasteiger partial charge on any atom is 0.184 e. The highest BCUT2D eigenvalue weighted by Crippen LogP contribution is 2.14. The van der Waals surface area contributed by atoms with Crippen LogP contribution in [0.4, 0.5) is 0 Å². The molecule has 0 atom stereocenters. The first-order valence-electron chi connectivity index (χ1n) is 5.07. The molecular formula is C11H15NO. The third-order valence-electron chi connectivity index (χ3n) is 2.76. The zero-order valence-electron chi connectivity index (χ0n) is 7.81. The number of pyridine rings is 1. The summed E-state index contributed by atoms with van der Waals surface area (Å²) in [5, 5.41) is 0. The van der Waals surface area contributed by atoms with E-state index in [2.05, 4.69) is 4.98 Å². The molecule has 13 heavy (non-hydrogen) atoms. The van der Waals surface area contributed by atoms with Crippen molar-refractivity contribution in [1.29, 1.82) is 0 Å². The summed E-state index contributed by atoms with van der Waals surface area (Å²) in [4.78, 5) is 14.7. The van der Waals surface area contributed by atoms with Crippen LogP contribution in [0.5, 0.6) is 0 Å². The Morgan fingerprint density at radius 2 is 1.85 bits per heavy atom. The first-order chi connectivity index (χ1) is 6.38. The molecule has 0 radical (unpaired) electrons. The number of aromatic nitrogens is 1. The van der Waals surface area contributed by atoms with Crippen molar-refractivity contribution in [2.75, 3.05) is 0 Å². The van der Waals surface area contributed by atoms with Crippen molar-refractivity contribution in [2.45, 2.75) is 38.5 Å². The Balaban J connectivity index is 2.39. The minimum absolute atomic E-state index is 0.218. The normalized spacial score (nSPS) is 17.2. The Labute approximate surface area is 78.0 Å². The first-order valence-corrected chi connectivity index (χ1v) is 5.07. The van der Waals surface area contributed by atoms with E-state index in [0.29, 0.717) is 0 Å². The van der Waals surface area contributed by atoms with Crippen LogP contribution in [-0.2, 0) is 12.8 Å². The number of H-pyrrole nitrogens is 1. The van der Waals surface area contributed by atoms with Gasteiger partial charge in [-0.1, -0.05) is 12.8 Å². The number of nitrogens with one attached hydrogen (secondary N) is 1. The van der Waals surface area contributed by atoms with Gasteiger partial charge in [0.1, 0.15) is 0 Å². The molecule has 0 aliphatic heterocycles. The highest BCUT2D eigenvalue weighted by Gasteiger charge is 2.09. The fraction of sp³-hybridized carbons (Fsp3) is 0.545. The van der Waals surface area contributed by atoms with Gasteiger partial charge in [0.25, 0.3) is 0 Å². The minimum atomic E-state index is 0.218. The Kier molecular flexibility index (Phi) is 2.48. The van der Waals surface area contributed by atoms with E-state index >= 15 is 0 Å². The lowest BCUT2D eigenvalue weighted by atomic mass is 9.97. The van der Waals surface area contributed by atoms with Crippen LogP contribution in [0.25, 0.3) is 0 Å². The van der Waals surface area contributed by atoms with E-state index in [1.54, 1.807) is 12.3 Å². The van der Waals surface area contributed by atoms with E-state index in [0.717, 1.165) is 18.4 Å². The molecule has 0 amide bonds. The quantitative estimate of drug-likeness (QED) is 0.646. The lowest BCUT2D eigenvalue weighted by Crippen LogP contribution is -2.14. The molecule has 2 rings (SSSR count). The molecule has 1 aromatic heterocycles. The number of aryl methyl sites for hydroxylation is 1. The van der Waals surface area contributed by atoms with Crippen LogP contribution in [0.2, 0.25) is 0 Å². The van der Waals surface area contributed by atoms with Crippen LogP contribution < -0.4 is 5.43 Å². The average Bonchev–Trinajstić information content (AvgIpc) is 2.07. The highest BCUT2D eigenvalue weighted by atomic mass is 16.1. The van der Waals surface area contributed by atoms with Gasteiger partial charge in [-0.15, -0.1) is 0 Å². The van der Waals surface area contributed by atoms with Gasteiger partial charge in [0.2, 0.25) is 0 Å². The van der Waals surface area contributed by atoms with Gasteiger partial charge in [-0.05, 0) is 25.7 Å². The van der Waals surface area contributed by atoms with Crippen molar-refractivity contribution < 1.29 is 0 Å². The second-order valence-electron chi connectivity index (χ2n) is 3.71. The maximum absolute atomic E-state index is 11.5. The van der Waals surface area contributed by atoms with Crippen LogP contribution in [0.3, 0.4) is 0 Å². The van der Waals surface area contributed by atoms with Gasteiger partial charge in [0.15, 0.2) is 5.43 Å². The summed E-state index contributed by atoms with van der Waals surface area (Å²) >= 11 is 0. The summed E-state index contributed by atoms with van der Waals surface area (Å²) in [6.07, 6.45) is 8.73. The maximum atomic E-state index is 11.5. The Morgan fingerprint density at radius 1 is 1.08 bits per heavy atom. The molecule has 2 nitrogen and oxygen atoms in total. The lowest BCUT2D eigenvalue weighted by molar-refractivity contribution is 0.607. The molecule has 0 spiro atoms. The van der Waals surface area contributed by atoms with Crippen molar-refractivity contribution >= 4 is 0 Å². The summed E-state index contributed by atoms with van der Waals surface area (Å²) in [5.41, 5.74) is 2.42. The van der Waals surface area contributed by atoms with Gasteiger partial charge in [-0.3, -0.25) is 4.79 Å². The largest absolute Gasteiger partial charge is 0.365 e. The second-order valence-corrected chi connectivity index (χ2v) is 3.71. The average molecular weight is 177 g/mol. The topological polar surface area (TPSA) is 32.9 Å². The fourth-order valence-corrected chi connectivity index (χ4v) is 2.01. The van der Waals surface area contributed by atoms with E-state index < -0.39 is 0 Å². The van der Waals surface area contributed by atoms with Crippen molar-refractivity contribution in [1.82, 2.24) is 4.98 Å². The molecule has 0 saturated carbocycles. The molecule has 1 heterocycles. The summed E-state index contributed by atoms with van der Waals surface area (Å²) in [6, 6.07) is 1.64. The van der Waals surface area contributed by atoms with E-state index in [-0.39, 0.29) is 5.43 Å². The number of aromatic amines is 1. The van der Waals surface area contributed by atoms with E-state index in [4.69, 9.17) is 0 Å². The number of hydrogen-bond donors (Lipinski definition) is 1. The first kappa shape index (κ1) is 8.54. The standard InChI is InChI=1S/C11H15NO/c13-11-7-8-12-10-6-4-2-1-3-5-9(10)11/h7-8H,1-6H2,(H,12,13). The molecular weight excluding hydrogens is 162 g/mol. The monoisotopic (exact) mass is 177 g/mol. The van der Waals surface area contributed by atoms with Crippen LogP contribution in [0.15, 0.2) is 17.1 Å². The van der Waals surface area contributed by atoms with Gasteiger partial charge >= 0.3 is 0 Å². The summed E-state index contributed by atoms with van der Waals surface area (Å²) in [5.74, 6) is 0. The predicted molar refractivity (Wildman–Crippen MR) is 52.9 cm³/mol. The van der Waals surface area contributed by atoms with E-state index in [1.165, 1.54) is 31.4 Å². The molecule has 0 aromatic carbocycles. The zero-order valence-corrected chi connectivity index (χ0v) is 7.81. The van der Waals surface area contributed by atoms with Crippen molar-refractivity contribution in [3.8, 4) is 0 Å². The molecule has 1 aromatic rings. The predicted octanol–water partition coefficient (Wildman–Crippen LogP) is 2.03. The van der Waals surface area contributed by atoms with E-state index in [9.17, 15) is 4.79 Å². The Hall–Kier alpha value is -1.05. The Morgan fingerprint density at radius 3 is 2.69 bits per heavy atom. The molecule has 0 fully saturated rings. The van der Waals surface area contributed by atoms with Gasteiger partial charge in [-0.25, -0.2) is 0 Å². The summed E-state index contributed by atoms with van der Waals surface area (Å²) in [6.45, 7) is 0. The van der Waals surface area contributed by atoms with Gasteiger partial charge in [0.05, 0.1) is 0 Å². The van der Waals surface area contributed by atoms with Gasteiger partial charge < -0.3 is 4.98 Å². The zero-order chi connectivity index (χ0) is 9.10. The minimum Gasteiger partial charge on any atom is -0.365 e. The summed E-state index contributed by atoms with van der Waals surface area (Å²) < 4.78 is 0. The highest BCUT2D eigenvalue weighted by molar-refractivity contribution is 5.20.